The van der Waals surface area contributed by atoms with Crippen LogP contribution in [0.5, 0.6) is 0 Å². The first-order valence-corrected chi connectivity index (χ1v) is 6.42. The molecule has 19 heavy (non-hydrogen) atoms. The summed E-state index contributed by atoms with van der Waals surface area (Å²) in [5.74, 6) is 1.22. The van der Waals surface area contributed by atoms with Crippen LogP contribution in [-0.4, -0.2) is 4.40 Å². The molecular formula is C16H11N2O+. The zero-order valence-electron chi connectivity index (χ0n) is 10.2. The number of imidazole rings is 1. The fourth-order valence-electron chi connectivity index (χ4n) is 3.09. The quantitative estimate of drug-likeness (QED) is 0.385. The lowest BCUT2D eigenvalue weighted by molar-refractivity contribution is -0.670. The number of hydrogen-bond donors (Lipinski definition) is 0. The number of rotatable bonds is 0. The van der Waals surface area contributed by atoms with Crippen molar-refractivity contribution < 1.29 is 8.98 Å². The van der Waals surface area contributed by atoms with Crippen molar-refractivity contribution in [2.75, 3.05) is 0 Å². The Morgan fingerprint density at radius 1 is 1.00 bits per heavy atom. The van der Waals surface area contributed by atoms with Crippen molar-refractivity contribution in [3.63, 3.8) is 0 Å². The van der Waals surface area contributed by atoms with Crippen molar-refractivity contribution in [1.29, 1.82) is 0 Å². The zero-order chi connectivity index (χ0) is 12.4. The van der Waals surface area contributed by atoms with E-state index in [1.165, 1.54) is 17.0 Å². The SMILES string of the molecule is c1ccc2c(c1)C[n+]1cc3oc4ccccc4n3c1-2. The molecule has 3 nitrogen and oxygen atoms in total. The number of hydrogen-bond acceptors (Lipinski definition) is 1. The second-order valence-electron chi connectivity index (χ2n) is 4.98. The van der Waals surface area contributed by atoms with E-state index in [-0.39, 0.29) is 0 Å². The first-order valence-electron chi connectivity index (χ1n) is 6.42. The molecule has 0 aliphatic carbocycles. The van der Waals surface area contributed by atoms with Gasteiger partial charge in [-0.1, -0.05) is 30.3 Å². The molecule has 0 N–H and O–H groups in total. The summed E-state index contributed by atoms with van der Waals surface area (Å²) in [4.78, 5) is 0. The first-order chi connectivity index (χ1) is 9.42. The minimum Gasteiger partial charge on any atom is -0.416 e. The van der Waals surface area contributed by atoms with Gasteiger partial charge in [0.25, 0.3) is 5.82 Å². The number of oxazole rings is 1. The van der Waals surface area contributed by atoms with Crippen molar-refractivity contribution in [3.8, 4) is 11.4 Å². The van der Waals surface area contributed by atoms with E-state index in [1.54, 1.807) is 0 Å². The second kappa shape index (κ2) is 3.06. The topological polar surface area (TPSA) is 21.4 Å². The highest BCUT2D eigenvalue weighted by atomic mass is 16.3. The first kappa shape index (κ1) is 9.39. The summed E-state index contributed by atoms with van der Waals surface area (Å²) < 4.78 is 10.4. The standard InChI is InChI=1S/C16H11N2O/c1-2-6-12-11(5-1)9-17-10-15-18(16(12)17)13-7-3-4-8-14(13)19-15/h1-8,10H,9H2/q+1. The van der Waals surface area contributed by atoms with Crippen LogP contribution in [0.3, 0.4) is 0 Å². The largest absolute Gasteiger partial charge is 0.416 e. The highest BCUT2D eigenvalue weighted by Crippen LogP contribution is 2.31. The molecule has 1 aliphatic heterocycles. The normalized spacial score (nSPS) is 13.1. The van der Waals surface area contributed by atoms with E-state index in [9.17, 15) is 0 Å². The average Bonchev–Trinajstić information content (AvgIpc) is 3.04. The number of nitrogens with zero attached hydrogens (tertiary/aromatic N) is 2. The van der Waals surface area contributed by atoms with Crippen LogP contribution in [0.4, 0.5) is 0 Å². The van der Waals surface area contributed by atoms with Crippen LogP contribution in [0.15, 0.2) is 59.1 Å². The van der Waals surface area contributed by atoms with Gasteiger partial charge in [-0.05, 0) is 18.2 Å². The minimum absolute atomic E-state index is 0.908. The molecule has 0 fully saturated rings. The summed E-state index contributed by atoms with van der Waals surface area (Å²) in [6, 6.07) is 16.7. The summed E-state index contributed by atoms with van der Waals surface area (Å²) in [5.41, 5.74) is 5.64. The van der Waals surface area contributed by atoms with Crippen LogP contribution in [-0.2, 0) is 6.54 Å². The van der Waals surface area contributed by atoms with Crippen LogP contribution in [0, 0.1) is 0 Å². The number of para-hydroxylation sites is 2. The van der Waals surface area contributed by atoms with Crippen LogP contribution < -0.4 is 4.57 Å². The fraction of sp³-hybridized carbons (Fsp3) is 0.0625. The molecule has 0 saturated carbocycles. The number of fused-ring (bicyclic) bond motifs is 7. The summed E-state index contributed by atoms with van der Waals surface area (Å²) in [7, 11) is 0. The van der Waals surface area contributed by atoms with Crippen LogP contribution in [0.25, 0.3) is 28.2 Å². The lowest BCUT2D eigenvalue weighted by Crippen LogP contribution is -2.29. The average molecular weight is 247 g/mol. The number of aromatic nitrogens is 2. The van der Waals surface area contributed by atoms with Gasteiger partial charge in [-0.25, -0.2) is 4.57 Å². The van der Waals surface area contributed by atoms with E-state index in [0.717, 1.165) is 23.4 Å². The Bertz CT molecular complexity index is 946. The molecule has 0 atom stereocenters. The Kier molecular flexibility index (Phi) is 1.51. The van der Waals surface area contributed by atoms with Gasteiger partial charge in [-0.2, -0.15) is 4.40 Å². The third kappa shape index (κ3) is 1.06. The lowest BCUT2D eigenvalue weighted by atomic mass is 10.1. The molecule has 0 radical (unpaired) electrons. The predicted octanol–water partition coefficient (Wildman–Crippen LogP) is 3.00. The van der Waals surface area contributed by atoms with Gasteiger partial charge in [0.2, 0.25) is 0 Å². The molecule has 0 amide bonds. The molecule has 3 heterocycles. The van der Waals surface area contributed by atoms with Crippen molar-refractivity contribution >= 4 is 16.8 Å². The third-order valence-corrected chi connectivity index (χ3v) is 3.89. The Labute approximate surface area is 109 Å². The summed E-state index contributed by atoms with van der Waals surface area (Å²) in [6.07, 6.45) is 2.09. The minimum atomic E-state index is 0.908. The van der Waals surface area contributed by atoms with Gasteiger partial charge in [0.15, 0.2) is 17.3 Å². The summed E-state index contributed by atoms with van der Waals surface area (Å²) >= 11 is 0. The van der Waals surface area contributed by atoms with E-state index in [0.29, 0.717) is 0 Å². The van der Waals surface area contributed by atoms with Gasteiger partial charge in [0, 0.05) is 5.56 Å². The van der Waals surface area contributed by atoms with E-state index in [1.807, 2.05) is 12.1 Å². The highest BCUT2D eigenvalue weighted by molar-refractivity contribution is 5.80. The fourth-order valence-corrected chi connectivity index (χ4v) is 3.09. The van der Waals surface area contributed by atoms with E-state index in [4.69, 9.17) is 4.42 Å². The van der Waals surface area contributed by atoms with Gasteiger partial charge in [0.05, 0.1) is 5.56 Å². The Morgan fingerprint density at radius 2 is 1.84 bits per heavy atom. The monoisotopic (exact) mass is 247 g/mol. The van der Waals surface area contributed by atoms with E-state index >= 15 is 0 Å². The van der Waals surface area contributed by atoms with Crippen molar-refractivity contribution in [1.82, 2.24) is 4.40 Å². The van der Waals surface area contributed by atoms with Gasteiger partial charge in [-0.3, -0.25) is 0 Å². The summed E-state index contributed by atoms with van der Waals surface area (Å²) in [6.45, 7) is 0.928. The maximum absolute atomic E-state index is 5.91. The van der Waals surface area contributed by atoms with E-state index < -0.39 is 0 Å². The maximum atomic E-state index is 5.91. The third-order valence-electron chi connectivity index (χ3n) is 3.89. The lowest BCUT2D eigenvalue weighted by Gasteiger charge is -1.92. The molecule has 0 spiro atoms. The van der Waals surface area contributed by atoms with Crippen molar-refractivity contribution in [2.24, 2.45) is 0 Å². The molecule has 0 unspecified atom stereocenters. The molecule has 0 saturated heterocycles. The van der Waals surface area contributed by atoms with Gasteiger partial charge in [-0.15, -0.1) is 0 Å². The van der Waals surface area contributed by atoms with Gasteiger partial charge < -0.3 is 4.42 Å². The highest BCUT2D eigenvalue weighted by Gasteiger charge is 2.32. The predicted molar refractivity (Wildman–Crippen MR) is 71.9 cm³/mol. The second-order valence-corrected chi connectivity index (χ2v) is 4.98. The summed E-state index contributed by atoms with van der Waals surface area (Å²) in [5, 5.41) is 0. The van der Waals surface area contributed by atoms with Crippen LogP contribution in [0.2, 0.25) is 0 Å². The molecule has 1 aliphatic rings. The molecule has 4 aromatic rings. The molecule has 90 valence electrons. The van der Waals surface area contributed by atoms with E-state index in [2.05, 4.69) is 51.6 Å². The Morgan fingerprint density at radius 3 is 2.84 bits per heavy atom. The number of benzene rings is 2. The molecule has 3 heteroatoms. The molecule has 2 aromatic carbocycles. The zero-order valence-corrected chi connectivity index (χ0v) is 10.2. The maximum Gasteiger partial charge on any atom is 0.336 e. The van der Waals surface area contributed by atoms with Gasteiger partial charge in [0.1, 0.15) is 6.54 Å². The Hall–Kier alpha value is -2.55. The molecule has 0 bridgehead atoms. The molecular weight excluding hydrogens is 236 g/mol. The van der Waals surface area contributed by atoms with Crippen LogP contribution in [0.1, 0.15) is 5.56 Å². The van der Waals surface area contributed by atoms with Gasteiger partial charge >= 0.3 is 5.71 Å². The van der Waals surface area contributed by atoms with Crippen molar-refractivity contribution in [2.45, 2.75) is 6.54 Å². The molecule has 5 rings (SSSR count). The smallest absolute Gasteiger partial charge is 0.336 e. The van der Waals surface area contributed by atoms with Crippen LogP contribution >= 0.6 is 0 Å². The van der Waals surface area contributed by atoms with Crippen molar-refractivity contribution in [3.05, 3.63) is 60.3 Å². The molecule has 2 aromatic heterocycles. The Balaban J connectivity index is 2.00.